The molecule has 254 valence electrons. The minimum Gasteiger partial charge on any atom is -0.497 e. The van der Waals surface area contributed by atoms with E-state index >= 15 is 4.39 Å². The first kappa shape index (κ1) is 34.1. The molecule has 2 fully saturated rings. The zero-order valence-electron chi connectivity index (χ0n) is 28.8. The maximum Gasteiger partial charge on any atom is 0.120 e. The zero-order chi connectivity index (χ0) is 33.8. The molecule has 2 aromatic carbocycles. The molecule has 0 saturated carbocycles. The number of nitrogens with one attached hydrogen (secondary N) is 1. The fraction of sp³-hybridized carbons (Fsp3) is 0.400. The van der Waals surface area contributed by atoms with Crippen LogP contribution in [0.2, 0.25) is 5.02 Å². The molecule has 0 aliphatic carbocycles. The summed E-state index contributed by atoms with van der Waals surface area (Å²) >= 11 is 6.56. The molecular formula is C40H49ClFN5O. The summed E-state index contributed by atoms with van der Waals surface area (Å²) in [5.74, 6) is 0.683. The molecule has 4 aliphatic rings. The summed E-state index contributed by atoms with van der Waals surface area (Å²) in [6.07, 6.45) is 8.69. The van der Waals surface area contributed by atoms with Gasteiger partial charge in [0.25, 0.3) is 0 Å². The first-order chi connectivity index (χ1) is 23.3. The third-order valence-electron chi connectivity index (χ3n) is 10.1. The van der Waals surface area contributed by atoms with Crippen LogP contribution in [-0.4, -0.2) is 74.2 Å². The monoisotopic (exact) mass is 669 g/mol. The second-order valence-corrected chi connectivity index (χ2v) is 13.6. The fourth-order valence-electron chi connectivity index (χ4n) is 7.54. The van der Waals surface area contributed by atoms with Gasteiger partial charge in [0, 0.05) is 91.6 Å². The molecule has 2 saturated heterocycles. The van der Waals surface area contributed by atoms with E-state index in [2.05, 4.69) is 68.5 Å². The topological polar surface area (TPSA) is 34.2 Å². The van der Waals surface area contributed by atoms with Crippen LogP contribution in [0.4, 0.5) is 10.1 Å². The van der Waals surface area contributed by atoms with Crippen molar-refractivity contribution in [1.82, 2.24) is 20.0 Å². The van der Waals surface area contributed by atoms with E-state index < -0.39 is 0 Å². The number of nitrogens with zero attached hydrogens (tertiary/aromatic N) is 4. The quantitative estimate of drug-likeness (QED) is 0.277. The average molecular weight is 670 g/mol. The van der Waals surface area contributed by atoms with Crippen LogP contribution in [0, 0.1) is 0 Å². The number of likely N-dealkylation sites (tertiary alicyclic amines) is 1. The molecule has 0 radical (unpaired) electrons. The lowest BCUT2D eigenvalue weighted by molar-refractivity contribution is 0.151. The van der Waals surface area contributed by atoms with E-state index in [-0.39, 0.29) is 5.83 Å². The van der Waals surface area contributed by atoms with Gasteiger partial charge < -0.3 is 24.8 Å². The van der Waals surface area contributed by atoms with Crippen LogP contribution < -0.4 is 15.0 Å². The minimum absolute atomic E-state index is 0.175. The summed E-state index contributed by atoms with van der Waals surface area (Å²) in [6.45, 7) is 20.8. The van der Waals surface area contributed by atoms with Crippen molar-refractivity contribution in [3.63, 3.8) is 0 Å². The molecular weight excluding hydrogens is 621 g/mol. The highest BCUT2D eigenvalue weighted by Crippen LogP contribution is 2.47. The van der Waals surface area contributed by atoms with Crippen LogP contribution in [0.1, 0.15) is 44.2 Å². The standard InChI is InChI=1S/C40H49ClFN5O/c1-6-35-28(2)37(30(4)43-16-19-44-17-8-7-9-18-44)27-47-38-15-12-33(41)24-32(38)25-36(40(35)47)39(29(3)42)46-22-20-45(21-23-46)26-31-10-13-34(48-5)14-11-31/h6,10-15,24,27,43H,2,4,7-9,16-23,25-26H2,1,3,5H3/b35-6-,39-29-. The number of fused-ring (bicyclic) bond motifs is 3. The first-order valence-corrected chi connectivity index (χ1v) is 17.7. The van der Waals surface area contributed by atoms with Crippen LogP contribution >= 0.6 is 11.6 Å². The van der Waals surface area contributed by atoms with Gasteiger partial charge in [-0.1, -0.05) is 49.4 Å². The molecule has 0 atom stereocenters. The molecule has 0 unspecified atom stereocenters. The lowest BCUT2D eigenvalue weighted by atomic mass is 9.83. The number of piperidine rings is 1. The highest BCUT2D eigenvalue weighted by molar-refractivity contribution is 6.30. The number of halogens is 2. The van der Waals surface area contributed by atoms with Gasteiger partial charge in [0.15, 0.2) is 0 Å². The van der Waals surface area contributed by atoms with Crippen LogP contribution in [0.25, 0.3) is 0 Å². The van der Waals surface area contributed by atoms with Gasteiger partial charge in [-0.25, -0.2) is 4.39 Å². The Morgan fingerprint density at radius 3 is 2.40 bits per heavy atom. The summed E-state index contributed by atoms with van der Waals surface area (Å²) in [4.78, 5) is 9.40. The molecule has 4 aliphatic heterocycles. The zero-order valence-corrected chi connectivity index (χ0v) is 29.5. The molecule has 0 aromatic heterocycles. The van der Waals surface area contributed by atoms with E-state index in [0.717, 1.165) is 110 Å². The van der Waals surface area contributed by atoms with Gasteiger partial charge in [0.1, 0.15) is 11.6 Å². The van der Waals surface area contributed by atoms with E-state index in [1.807, 2.05) is 31.2 Å². The number of piperazine rings is 1. The van der Waals surface area contributed by atoms with Crippen molar-refractivity contribution in [3.05, 3.63) is 129 Å². The largest absolute Gasteiger partial charge is 0.497 e. The van der Waals surface area contributed by atoms with Crippen LogP contribution in [0.15, 0.2) is 113 Å². The number of benzene rings is 2. The van der Waals surface area contributed by atoms with Crippen molar-refractivity contribution in [2.45, 2.75) is 46.1 Å². The number of ether oxygens (including phenoxy) is 1. The van der Waals surface area contributed by atoms with Crippen molar-refractivity contribution in [1.29, 1.82) is 0 Å². The SMILES string of the molecule is C=C(NCCN1CCCCC1)C1=CN2C(=C(C(=C(\C)F)/N3CCN(Cc4ccc(OC)cc4)CC3)Cc3cc(Cl)ccc32)/C(=C\C)C1=C. The highest BCUT2D eigenvalue weighted by Gasteiger charge is 2.36. The number of hydrogen-bond acceptors (Lipinski definition) is 6. The molecule has 2 aromatic rings. The van der Waals surface area contributed by atoms with E-state index in [1.165, 1.54) is 24.8 Å². The Hall–Kier alpha value is -3.78. The number of allylic oxidation sites excluding steroid dienone is 5. The molecule has 6 nitrogen and oxygen atoms in total. The van der Waals surface area contributed by atoms with Gasteiger partial charge in [-0.05, 0) is 86.8 Å². The Kier molecular flexibility index (Phi) is 10.8. The highest BCUT2D eigenvalue weighted by atomic mass is 35.5. The van der Waals surface area contributed by atoms with Crippen LogP contribution in [0.5, 0.6) is 5.75 Å². The Labute approximate surface area is 291 Å². The van der Waals surface area contributed by atoms with E-state index in [9.17, 15) is 0 Å². The molecule has 0 amide bonds. The third kappa shape index (κ3) is 7.29. The first-order valence-electron chi connectivity index (χ1n) is 17.3. The molecule has 6 rings (SSSR count). The molecule has 0 bridgehead atoms. The maximum atomic E-state index is 15.9. The normalized spacial score (nSPS) is 20.3. The number of methoxy groups -OCH3 is 1. The van der Waals surface area contributed by atoms with Crippen molar-refractivity contribution in [3.8, 4) is 5.75 Å². The Balaban J connectivity index is 1.28. The van der Waals surface area contributed by atoms with Crippen molar-refractivity contribution in [2.24, 2.45) is 0 Å². The van der Waals surface area contributed by atoms with Crippen LogP contribution in [-0.2, 0) is 13.0 Å². The maximum absolute atomic E-state index is 15.9. The van der Waals surface area contributed by atoms with Gasteiger partial charge in [-0.2, -0.15) is 0 Å². The second-order valence-electron chi connectivity index (χ2n) is 13.2. The van der Waals surface area contributed by atoms with Crippen molar-refractivity contribution in [2.75, 3.05) is 64.4 Å². The van der Waals surface area contributed by atoms with Crippen molar-refractivity contribution < 1.29 is 9.13 Å². The summed E-state index contributed by atoms with van der Waals surface area (Å²) in [6, 6.07) is 14.3. The number of rotatable bonds is 10. The molecule has 0 spiro atoms. The Morgan fingerprint density at radius 1 is 1.00 bits per heavy atom. The summed E-state index contributed by atoms with van der Waals surface area (Å²) in [5.41, 5.74) is 9.68. The Bertz CT molecular complexity index is 1650. The second kappa shape index (κ2) is 15.2. The predicted octanol–water partition coefficient (Wildman–Crippen LogP) is 7.97. The summed E-state index contributed by atoms with van der Waals surface area (Å²) in [7, 11) is 1.69. The van der Waals surface area contributed by atoms with E-state index in [0.29, 0.717) is 17.1 Å². The van der Waals surface area contributed by atoms with Gasteiger partial charge in [-0.3, -0.25) is 4.90 Å². The molecule has 8 heteroatoms. The van der Waals surface area contributed by atoms with Gasteiger partial charge >= 0.3 is 0 Å². The van der Waals surface area contributed by atoms with Gasteiger partial charge in [0.2, 0.25) is 0 Å². The molecule has 1 N–H and O–H groups in total. The Morgan fingerprint density at radius 2 is 1.73 bits per heavy atom. The smallest absolute Gasteiger partial charge is 0.120 e. The molecule has 4 heterocycles. The number of anilines is 1. The lowest BCUT2D eigenvalue weighted by Gasteiger charge is -2.43. The van der Waals surface area contributed by atoms with Crippen LogP contribution in [0.3, 0.4) is 0 Å². The van der Waals surface area contributed by atoms with Gasteiger partial charge in [0.05, 0.1) is 18.5 Å². The third-order valence-corrected chi connectivity index (χ3v) is 10.3. The van der Waals surface area contributed by atoms with Crippen molar-refractivity contribution >= 4 is 17.3 Å². The fourth-order valence-corrected chi connectivity index (χ4v) is 7.73. The minimum atomic E-state index is -0.175. The number of hydrogen-bond donors (Lipinski definition) is 1. The predicted molar refractivity (Wildman–Crippen MR) is 197 cm³/mol. The summed E-state index contributed by atoms with van der Waals surface area (Å²) in [5, 5.41) is 4.26. The summed E-state index contributed by atoms with van der Waals surface area (Å²) < 4.78 is 21.3. The van der Waals surface area contributed by atoms with E-state index in [4.69, 9.17) is 16.3 Å². The van der Waals surface area contributed by atoms with E-state index in [1.54, 1.807) is 14.0 Å². The average Bonchev–Trinajstić information content (AvgIpc) is 3.09. The molecule has 48 heavy (non-hydrogen) atoms. The lowest BCUT2D eigenvalue weighted by Crippen LogP contribution is -2.46. The van der Waals surface area contributed by atoms with Gasteiger partial charge in [-0.15, -0.1) is 0 Å².